The van der Waals surface area contributed by atoms with Crippen LogP contribution in [0, 0.1) is 0 Å². The number of ether oxygens (including phenoxy) is 2. The van der Waals surface area contributed by atoms with Crippen LogP contribution in [0.15, 0.2) is 18.2 Å². The summed E-state index contributed by atoms with van der Waals surface area (Å²) in [5.74, 6) is -0.512. The van der Waals surface area contributed by atoms with Crippen molar-refractivity contribution < 1.29 is 19.4 Å². The first-order chi connectivity index (χ1) is 8.65. The number of aromatic carboxylic acids is 1. The van der Waals surface area contributed by atoms with Crippen molar-refractivity contribution in [1.29, 1.82) is 0 Å². The monoisotopic (exact) mass is 252 g/mol. The van der Waals surface area contributed by atoms with Crippen molar-refractivity contribution in [1.82, 2.24) is 4.98 Å². The normalized spacial score (nSPS) is 22.9. The highest BCUT2D eigenvalue weighted by atomic mass is 16.5. The third-order valence-corrected chi connectivity index (χ3v) is 3.06. The van der Waals surface area contributed by atoms with E-state index < -0.39 is 5.97 Å². The number of nitrogens with one attached hydrogen (secondary N) is 1. The molecule has 1 aliphatic rings. The highest BCUT2D eigenvalue weighted by Crippen LogP contribution is 2.22. The molecule has 0 bridgehead atoms. The molecule has 98 valence electrons. The zero-order valence-corrected chi connectivity index (χ0v) is 10.2. The second kappa shape index (κ2) is 5.32. The Kier molecular flexibility index (Phi) is 3.78. The first kappa shape index (κ1) is 12.8. The quantitative estimate of drug-likeness (QED) is 0.813. The van der Waals surface area contributed by atoms with Gasteiger partial charge in [0.15, 0.2) is 5.69 Å². The minimum atomic E-state index is -1.04. The van der Waals surface area contributed by atoms with E-state index in [4.69, 9.17) is 14.6 Å². The van der Waals surface area contributed by atoms with Crippen LogP contribution in [-0.2, 0) is 9.47 Å². The van der Waals surface area contributed by atoms with Crippen molar-refractivity contribution in [2.75, 3.05) is 32.2 Å². The number of rotatable bonds is 5. The minimum absolute atomic E-state index is 0.0224. The number of carbonyl (C=O) groups is 1. The number of hydrogen-bond acceptors (Lipinski definition) is 5. The van der Waals surface area contributed by atoms with Gasteiger partial charge in [-0.05, 0) is 12.1 Å². The fourth-order valence-electron chi connectivity index (χ4n) is 1.87. The topological polar surface area (TPSA) is 80.7 Å². The van der Waals surface area contributed by atoms with Gasteiger partial charge >= 0.3 is 5.97 Å². The summed E-state index contributed by atoms with van der Waals surface area (Å²) in [4.78, 5) is 14.8. The van der Waals surface area contributed by atoms with Gasteiger partial charge in [-0.3, -0.25) is 0 Å². The molecule has 1 aromatic rings. The van der Waals surface area contributed by atoms with Crippen LogP contribution in [0.4, 0.5) is 5.82 Å². The van der Waals surface area contributed by atoms with Gasteiger partial charge in [0.1, 0.15) is 11.4 Å². The maximum Gasteiger partial charge on any atom is 0.354 e. The maximum atomic E-state index is 10.8. The second-order valence-corrected chi connectivity index (χ2v) is 4.26. The molecule has 1 saturated heterocycles. The van der Waals surface area contributed by atoms with Gasteiger partial charge in [0.25, 0.3) is 0 Å². The van der Waals surface area contributed by atoms with Crippen LogP contribution in [0.1, 0.15) is 16.9 Å². The van der Waals surface area contributed by atoms with Crippen molar-refractivity contribution in [2.24, 2.45) is 0 Å². The summed E-state index contributed by atoms with van der Waals surface area (Å²) in [6, 6.07) is 4.84. The summed E-state index contributed by atoms with van der Waals surface area (Å²) in [5.41, 5.74) is -0.324. The molecule has 6 nitrogen and oxygen atoms in total. The highest BCUT2D eigenvalue weighted by Gasteiger charge is 2.34. The number of nitrogens with zero attached hydrogens (tertiary/aromatic N) is 1. The first-order valence-corrected chi connectivity index (χ1v) is 5.72. The van der Waals surface area contributed by atoms with Crippen LogP contribution < -0.4 is 5.32 Å². The molecule has 1 aliphatic heterocycles. The van der Waals surface area contributed by atoms with E-state index >= 15 is 0 Å². The zero-order chi connectivity index (χ0) is 13.0. The Morgan fingerprint density at radius 1 is 1.67 bits per heavy atom. The average molecular weight is 252 g/mol. The number of anilines is 1. The molecule has 0 amide bonds. The summed E-state index contributed by atoms with van der Waals surface area (Å²) in [5, 5.41) is 11.9. The third kappa shape index (κ3) is 2.77. The highest BCUT2D eigenvalue weighted by molar-refractivity contribution is 5.85. The Bertz CT molecular complexity index is 430. The largest absolute Gasteiger partial charge is 0.477 e. The summed E-state index contributed by atoms with van der Waals surface area (Å²) < 4.78 is 10.8. The number of methoxy groups -OCH3 is 1. The van der Waals surface area contributed by atoms with Gasteiger partial charge in [-0.25, -0.2) is 9.78 Å². The van der Waals surface area contributed by atoms with Gasteiger partial charge in [0.2, 0.25) is 0 Å². The Hall–Kier alpha value is -1.66. The molecule has 0 saturated carbocycles. The van der Waals surface area contributed by atoms with E-state index in [1.807, 2.05) is 0 Å². The Morgan fingerprint density at radius 3 is 3.11 bits per heavy atom. The van der Waals surface area contributed by atoms with Crippen LogP contribution in [-0.4, -0.2) is 48.5 Å². The molecule has 1 atom stereocenters. The molecule has 2 rings (SSSR count). The van der Waals surface area contributed by atoms with E-state index in [9.17, 15) is 4.79 Å². The van der Waals surface area contributed by atoms with Gasteiger partial charge in [-0.15, -0.1) is 0 Å². The molecule has 0 radical (unpaired) electrons. The molecule has 2 N–H and O–H groups in total. The lowest BCUT2D eigenvalue weighted by Gasteiger charge is -2.26. The molecular formula is C12H16N2O4. The maximum absolute atomic E-state index is 10.8. The fraction of sp³-hybridized carbons (Fsp3) is 0.500. The Morgan fingerprint density at radius 2 is 2.50 bits per heavy atom. The van der Waals surface area contributed by atoms with E-state index in [-0.39, 0.29) is 11.3 Å². The van der Waals surface area contributed by atoms with Crippen LogP contribution in [0.2, 0.25) is 0 Å². The number of carboxylic acid groups (broad SMARTS) is 1. The molecule has 18 heavy (non-hydrogen) atoms. The summed E-state index contributed by atoms with van der Waals surface area (Å²) >= 11 is 0. The molecule has 0 spiro atoms. The van der Waals surface area contributed by atoms with Crippen molar-refractivity contribution in [3.63, 3.8) is 0 Å². The molecule has 0 aliphatic carbocycles. The van der Waals surface area contributed by atoms with Crippen LogP contribution in [0.25, 0.3) is 0 Å². The van der Waals surface area contributed by atoms with Gasteiger partial charge in [0, 0.05) is 26.7 Å². The average Bonchev–Trinajstić information content (AvgIpc) is 2.86. The summed E-state index contributed by atoms with van der Waals surface area (Å²) in [6.07, 6.45) is 0.815. The van der Waals surface area contributed by atoms with Gasteiger partial charge in [-0.2, -0.15) is 0 Å². The molecule has 0 aromatic carbocycles. The van der Waals surface area contributed by atoms with E-state index in [2.05, 4.69) is 10.3 Å². The lowest BCUT2D eigenvalue weighted by atomic mass is 10.0. The van der Waals surface area contributed by atoms with Crippen molar-refractivity contribution in [3.8, 4) is 0 Å². The van der Waals surface area contributed by atoms with Gasteiger partial charge < -0.3 is 19.9 Å². The Labute approximate surface area is 105 Å². The smallest absolute Gasteiger partial charge is 0.354 e. The van der Waals surface area contributed by atoms with Crippen molar-refractivity contribution >= 4 is 11.8 Å². The van der Waals surface area contributed by atoms with Gasteiger partial charge in [0.05, 0.1) is 6.61 Å². The van der Waals surface area contributed by atoms with E-state index in [0.29, 0.717) is 25.6 Å². The fourth-order valence-corrected chi connectivity index (χ4v) is 1.87. The summed E-state index contributed by atoms with van der Waals surface area (Å²) in [7, 11) is 1.65. The Balaban J connectivity index is 2.01. The molecule has 1 aromatic heterocycles. The second-order valence-electron chi connectivity index (χ2n) is 4.26. The SMILES string of the molecule is COC1(CNc2cccc(C(=O)O)n2)CCOC1. The van der Waals surface area contributed by atoms with Crippen LogP contribution >= 0.6 is 0 Å². The molecule has 1 fully saturated rings. The van der Waals surface area contributed by atoms with Crippen molar-refractivity contribution in [3.05, 3.63) is 23.9 Å². The molecule has 6 heteroatoms. The van der Waals surface area contributed by atoms with Crippen molar-refractivity contribution in [2.45, 2.75) is 12.0 Å². The number of aromatic nitrogens is 1. The lowest BCUT2D eigenvalue weighted by Crippen LogP contribution is -2.39. The van der Waals surface area contributed by atoms with E-state index in [1.54, 1.807) is 19.2 Å². The first-order valence-electron chi connectivity index (χ1n) is 5.72. The van der Waals surface area contributed by atoms with E-state index in [0.717, 1.165) is 6.42 Å². The minimum Gasteiger partial charge on any atom is -0.477 e. The molecule has 1 unspecified atom stereocenters. The zero-order valence-electron chi connectivity index (χ0n) is 10.2. The standard InChI is InChI=1S/C12H16N2O4/c1-17-12(5-6-18-8-12)7-13-10-4-2-3-9(14-10)11(15)16/h2-4H,5-8H2,1H3,(H,13,14)(H,15,16). The summed E-state index contributed by atoms with van der Waals surface area (Å²) in [6.45, 7) is 1.76. The predicted molar refractivity (Wildman–Crippen MR) is 64.9 cm³/mol. The lowest BCUT2D eigenvalue weighted by molar-refractivity contribution is -0.00625. The number of carboxylic acids is 1. The third-order valence-electron chi connectivity index (χ3n) is 3.06. The van der Waals surface area contributed by atoms with Gasteiger partial charge in [-0.1, -0.05) is 6.07 Å². The number of pyridine rings is 1. The predicted octanol–water partition coefficient (Wildman–Crippen LogP) is 0.997. The number of hydrogen-bond donors (Lipinski definition) is 2. The van der Waals surface area contributed by atoms with Crippen LogP contribution in [0.3, 0.4) is 0 Å². The molecule has 2 heterocycles. The van der Waals surface area contributed by atoms with E-state index in [1.165, 1.54) is 6.07 Å². The molecular weight excluding hydrogens is 236 g/mol. The van der Waals surface area contributed by atoms with Crippen LogP contribution in [0.5, 0.6) is 0 Å².